The molecule has 0 unspecified atom stereocenters. The molecule has 29 heavy (non-hydrogen) atoms. The normalized spacial score (nSPS) is 14.8. The molecule has 0 aliphatic rings. The molecular formula is C14H15F6N7S2. The molecule has 7 nitrogen and oxygen atoms in total. The number of thiol groups is 2. The quantitative estimate of drug-likeness (QED) is 0.173. The van der Waals surface area contributed by atoms with Gasteiger partial charge in [-0.1, -0.05) is 6.07 Å². The molecule has 1 heterocycles. The number of halogens is 6. The van der Waals surface area contributed by atoms with E-state index in [-0.39, 0.29) is 17.1 Å². The highest BCUT2D eigenvalue weighted by molar-refractivity contribution is 7.97. The van der Waals surface area contributed by atoms with Gasteiger partial charge in [0.05, 0.1) is 11.4 Å². The summed E-state index contributed by atoms with van der Waals surface area (Å²) in [4.78, 5) is 4.02. The first-order valence-electron chi connectivity index (χ1n) is 7.56. The zero-order valence-corrected chi connectivity index (χ0v) is 16.4. The maximum Gasteiger partial charge on any atom is 0.405 e. The van der Waals surface area contributed by atoms with Gasteiger partial charge < -0.3 is 10.6 Å². The number of hydrogen-bond acceptors (Lipinski definition) is 5. The van der Waals surface area contributed by atoms with Gasteiger partial charge in [0.1, 0.15) is 18.8 Å². The fourth-order valence-corrected chi connectivity index (χ4v) is 1.76. The lowest BCUT2D eigenvalue weighted by atomic mass is 10.2. The number of alkyl halides is 6. The van der Waals surface area contributed by atoms with Crippen molar-refractivity contribution in [2.45, 2.75) is 19.3 Å². The topological polar surface area (TPSA) is 86.4 Å². The van der Waals surface area contributed by atoms with E-state index in [1.54, 1.807) is 12.1 Å². The second kappa shape index (κ2) is 11.0. The zero-order valence-electron chi connectivity index (χ0n) is 14.6. The van der Waals surface area contributed by atoms with Gasteiger partial charge in [0.15, 0.2) is 10.3 Å². The van der Waals surface area contributed by atoms with E-state index in [1.807, 2.05) is 10.6 Å². The summed E-state index contributed by atoms with van der Waals surface area (Å²) in [5, 5.41) is 17.5. The molecule has 2 N–H and O–H groups in total. The zero-order chi connectivity index (χ0) is 22.1. The molecule has 1 aromatic rings. The van der Waals surface area contributed by atoms with E-state index in [4.69, 9.17) is 0 Å². The second-order valence-electron chi connectivity index (χ2n) is 5.13. The molecule has 0 aliphatic heterocycles. The Labute approximate surface area is 172 Å². The third-order valence-corrected chi connectivity index (χ3v) is 3.18. The van der Waals surface area contributed by atoms with Crippen LogP contribution in [0.15, 0.2) is 44.8 Å². The van der Waals surface area contributed by atoms with Crippen molar-refractivity contribution in [3.8, 4) is 0 Å². The van der Waals surface area contributed by atoms with Gasteiger partial charge >= 0.3 is 12.4 Å². The van der Waals surface area contributed by atoms with Crippen molar-refractivity contribution >= 4 is 47.0 Å². The van der Waals surface area contributed by atoms with Crippen LogP contribution in [0.25, 0.3) is 0 Å². The Morgan fingerprint density at radius 1 is 0.897 bits per heavy atom. The molecule has 0 aliphatic carbocycles. The number of nitrogens with one attached hydrogen (secondary N) is 2. The van der Waals surface area contributed by atoms with Crippen LogP contribution < -0.4 is 10.6 Å². The molecule has 1 aromatic heterocycles. The van der Waals surface area contributed by atoms with Crippen molar-refractivity contribution in [1.82, 2.24) is 15.6 Å². The summed E-state index contributed by atoms with van der Waals surface area (Å²) in [6.07, 6.45) is -7.52. The molecule has 0 spiro atoms. The predicted octanol–water partition coefficient (Wildman–Crippen LogP) is 3.04. The minimum Gasteiger partial charge on any atom is -0.354 e. The van der Waals surface area contributed by atoms with E-state index in [0.29, 0.717) is 0 Å². The molecule has 0 fully saturated rings. The Morgan fingerprint density at radius 3 is 1.86 bits per heavy atom. The molecule has 1 rings (SSSR count). The predicted molar refractivity (Wildman–Crippen MR) is 105 cm³/mol. The fraction of sp³-hybridized carbons (Fsp3) is 0.357. The van der Waals surface area contributed by atoms with Gasteiger partial charge in [-0.2, -0.15) is 31.4 Å². The molecule has 0 bridgehead atoms. The summed E-state index contributed by atoms with van der Waals surface area (Å²) in [6.45, 7) is -1.32. The van der Waals surface area contributed by atoms with Gasteiger partial charge in [-0.25, -0.2) is 0 Å². The lowest BCUT2D eigenvalue weighted by molar-refractivity contribution is -0.122. The molecule has 0 saturated heterocycles. The van der Waals surface area contributed by atoms with Crippen LogP contribution in [0.1, 0.15) is 12.6 Å². The average molecular weight is 459 g/mol. The number of rotatable bonds is 6. The van der Waals surface area contributed by atoms with E-state index < -0.39 is 35.8 Å². The molecular weight excluding hydrogens is 444 g/mol. The number of pyridine rings is 1. The average Bonchev–Trinajstić information content (AvgIpc) is 2.63. The number of nitrogens with zero attached hydrogens (tertiary/aromatic N) is 5. The molecule has 0 amide bonds. The fourth-order valence-electron chi connectivity index (χ4n) is 1.51. The maximum absolute atomic E-state index is 12.2. The summed E-state index contributed by atoms with van der Waals surface area (Å²) in [5.41, 5.74) is 0.310. The summed E-state index contributed by atoms with van der Waals surface area (Å²) >= 11 is 7.48. The van der Waals surface area contributed by atoms with Gasteiger partial charge in [-0.15, -0.1) is 40.6 Å². The van der Waals surface area contributed by atoms with Crippen LogP contribution in [-0.4, -0.2) is 52.2 Å². The van der Waals surface area contributed by atoms with E-state index in [1.165, 1.54) is 19.2 Å². The number of amidine groups is 2. The number of hydrogen-bond donors (Lipinski definition) is 4. The molecule has 0 atom stereocenters. The first-order valence-corrected chi connectivity index (χ1v) is 8.45. The van der Waals surface area contributed by atoms with Gasteiger partial charge in [-0.05, 0) is 19.1 Å². The van der Waals surface area contributed by atoms with Crippen LogP contribution >= 0.6 is 25.3 Å². The summed E-state index contributed by atoms with van der Waals surface area (Å²) < 4.78 is 73.1. The molecule has 160 valence electrons. The van der Waals surface area contributed by atoms with Crippen LogP contribution in [0.5, 0.6) is 0 Å². The minimum absolute atomic E-state index is 0.00617. The first-order chi connectivity index (χ1) is 13.4. The molecule has 0 aromatic carbocycles. The molecule has 15 heteroatoms. The van der Waals surface area contributed by atoms with E-state index in [2.05, 4.69) is 50.6 Å². The van der Waals surface area contributed by atoms with Crippen molar-refractivity contribution in [3.63, 3.8) is 0 Å². The lowest BCUT2D eigenvalue weighted by Crippen LogP contribution is -2.31. The monoisotopic (exact) mass is 459 g/mol. The summed E-state index contributed by atoms with van der Waals surface area (Å²) in [6, 6.07) is 4.73. The maximum atomic E-state index is 12.2. The van der Waals surface area contributed by atoms with E-state index >= 15 is 0 Å². The van der Waals surface area contributed by atoms with Crippen molar-refractivity contribution in [2.24, 2.45) is 20.4 Å². The Bertz CT molecular complexity index is 788. The summed E-state index contributed by atoms with van der Waals surface area (Å²) in [7, 11) is 0. The Morgan fingerprint density at radius 2 is 1.41 bits per heavy atom. The Kier molecular flexibility index (Phi) is 9.42. The van der Waals surface area contributed by atoms with Gasteiger partial charge in [-0.3, -0.25) is 4.98 Å². The van der Waals surface area contributed by atoms with Crippen molar-refractivity contribution < 1.29 is 26.3 Å². The van der Waals surface area contributed by atoms with E-state index in [9.17, 15) is 26.3 Å². The standard InChI is InChI=1S/C14H15F6N7S2/c1-8(24-26-11(28)22-6-13(15,16)17)10(9-4-2-3-5-21-9)25-27-12(29)23-7-14(18,19)20/h2-5H,6-7H2,1H3,(H2,22,26,28)(H2,23,27,29)/b24-8+,25-10-. The van der Waals surface area contributed by atoms with Crippen LogP contribution in [0.3, 0.4) is 0 Å². The SMILES string of the molecule is CC(=N\N=C(/S)NCC(F)(F)F)/C(=N/N=C(\S)NCC(F)(F)F)c1ccccn1. The van der Waals surface area contributed by atoms with Crippen LogP contribution in [0.2, 0.25) is 0 Å². The van der Waals surface area contributed by atoms with Gasteiger partial charge in [0.2, 0.25) is 0 Å². The van der Waals surface area contributed by atoms with Crippen LogP contribution in [-0.2, 0) is 0 Å². The largest absolute Gasteiger partial charge is 0.405 e. The Balaban J connectivity index is 3.06. The molecule has 0 radical (unpaired) electrons. The smallest absolute Gasteiger partial charge is 0.354 e. The first kappa shape index (κ1) is 24.7. The third kappa shape index (κ3) is 11.3. The highest BCUT2D eigenvalue weighted by Crippen LogP contribution is 2.13. The van der Waals surface area contributed by atoms with Crippen molar-refractivity contribution in [3.05, 3.63) is 30.1 Å². The lowest BCUT2D eigenvalue weighted by Gasteiger charge is -2.08. The van der Waals surface area contributed by atoms with Crippen molar-refractivity contribution in [1.29, 1.82) is 0 Å². The van der Waals surface area contributed by atoms with Crippen LogP contribution in [0.4, 0.5) is 26.3 Å². The number of aromatic nitrogens is 1. The Hall–Kier alpha value is -2.29. The summed E-state index contributed by atoms with van der Waals surface area (Å²) in [5.74, 6) is 0. The van der Waals surface area contributed by atoms with E-state index in [0.717, 1.165) is 0 Å². The molecule has 0 saturated carbocycles. The van der Waals surface area contributed by atoms with Crippen LogP contribution in [0, 0.1) is 0 Å². The highest BCUT2D eigenvalue weighted by Gasteiger charge is 2.27. The minimum atomic E-state index is -4.48. The van der Waals surface area contributed by atoms with Gasteiger partial charge in [0.25, 0.3) is 0 Å². The van der Waals surface area contributed by atoms with Crippen molar-refractivity contribution in [2.75, 3.05) is 13.1 Å². The second-order valence-corrected chi connectivity index (χ2v) is 5.98. The van der Waals surface area contributed by atoms with Gasteiger partial charge in [0, 0.05) is 6.20 Å². The highest BCUT2D eigenvalue weighted by atomic mass is 32.1. The third-order valence-electron chi connectivity index (χ3n) is 2.68.